The maximum Gasteiger partial charge on any atom is 0.243 e. The van der Waals surface area contributed by atoms with E-state index in [0.29, 0.717) is 25.4 Å². The van der Waals surface area contributed by atoms with Crippen LogP contribution in [0.25, 0.3) is 0 Å². The minimum absolute atomic E-state index is 0.0256. The summed E-state index contributed by atoms with van der Waals surface area (Å²) in [4.78, 5) is 12.4. The number of amides is 1. The van der Waals surface area contributed by atoms with Crippen molar-refractivity contribution in [1.82, 2.24) is 14.9 Å². The first-order chi connectivity index (χ1) is 12.5. The third kappa shape index (κ3) is 4.36. The van der Waals surface area contributed by atoms with Crippen LogP contribution in [0.4, 0.5) is 0 Å². The first kappa shape index (κ1) is 19.1. The SMILES string of the molecule is COc1ccc(S(=O)(=O)N2CCCC(CNC(=O)C3CCCN3)C2)cc1. The number of benzene rings is 1. The molecule has 2 aliphatic heterocycles. The molecule has 2 saturated heterocycles. The number of sulfonamides is 1. The van der Waals surface area contributed by atoms with Crippen LogP contribution in [-0.4, -0.2) is 58.0 Å². The summed E-state index contributed by atoms with van der Waals surface area (Å²) in [5.74, 6) is 0.795. The molecule has 1 aromatic carbocycles. The van der Waals surface area contributed by atoms with Crippen molar-refractivity contribution in [3.05, 3.63) is 24.3 Å². The van der Waals surface area contributed by atoms with Crippen LogP contribution in [0.3, 0.4) is 0 Å². The molecule has 0 radical (unpaired) electrons. The number of carbonyl (C=O) groups is 1. The van der Waals surface area contributed by atoms with E-state index in [2.05, 4.69) is 10.6 Å². The Morgan fingerprint density at radius 2 is 2.04 bits per heavy atom. The maximum absolute atomic E-state index is 12.9. The van der Waals surface area contributed by atoms with Gasteiger partial charge < -0.3 is 15.4 Å². The van der Waals surface area contributed by atoms with Gasteiger partial charge >= 0.3 is 0 Å². The summed E-state index contributed by atoms with van der Waals surface area (Å²) in [7, 11) is -1.97. The van der Waals surface area contributed by atoms with E-state index in [0.717, 1.165) is 32.2 Å². The molecule has 2 fully saturated rings. The number of ether oxygens (including phenoxy) is 1. The van der Waals surface area contributed by atoms with E-state index in [4.69, 9.17) is 4.74 Å². The average Bonchev–Trinajstić information content (AvgIpc) is 3.21. The van der Waals surface area contributed by atoms with Gasteiger partial charge in [-0.25, -0.2) is 8.42 Å². The molecule has 7 nitrogen and oxygen atoms in total. The van der Waals surface area contributed by atoms with E-state index >= 15 is 0 Å². The van der Waals surface area contributed by atoms with Crippen molar-refractivity contribution in [2.75, 3.05) is 33.3 Å². The van der Waals surface area contributed by atoms with Gasteiger partial charge in [-0.2, -0.15) is 4.31 Å². The molecule has 144 valence electrons. The molecule has 1 amide bonds. The van der Waals surface area contributed by atoms with E-state index < -0.39 is 10.0 Å². The Labute approximate surface area is 155 Å². The highest BCUT2D eigenvalue weighted by molar-refractivity contribution is 7.89. The molecule has 0 spiro atoms. The summed E-state index contributed by atoms with van der Waals surface area (Å²) in [6.45, 7) is 2.36. The molecule has 1 aromatic rings. The van der Waals surface area contributed by atoms with Crippen molar-refractivity contribution < 1.29 is 17.9 Å². The monoisotopic (exact) mass is 381 g/mol. The summed E-state index contributed by atoms with van der Waals surface area (Å²) in [6, 6.07) is 6.36. The van der Waals surface area contributed by atoms with E-state index in [9.17, 15) is 13.2 Å². The zero-order valence-corrected chi connectivity index (χ0v) is 15.9. The second-order valence-corrected chi connectivity index (χ2v) is 8.88. The fourth-order valence-corrected chi connectivity index (χ4v) is 5.14. The van der Waals surface area contributed by atoms with Gasteiger partial charge in [0, 0.05) is 19.6 Å². The van der Waals surface area contributed by atoms with Crippen LogP contribution in [0, 0.1) is 5.92 Å². The number of hydrogen-bond acceptors (Lipinski definition) is 5. The molecule has 2 heterocycles. The second kappa shape index (κ2) is 8.37. The highest BCUT2D eigenvalue weighted by Gasteiger charge is 2.31. The Bertz CT molecular complexity index is 714. The van der Waals surface area contributed by atoms with Gasteiger partial charge in [-0.15, -0.1) is 0 Å². The highest BCUT2D eigenvalue weighted by Crippen LogP contribution is 2.25. The topological polar surface area (TPSA) is 87.7 Å². The second-order valence-electron chi connectivity index (χ2n) is 6.94. The van der Waals surface area contributed by atoms with Crippen LogP contribution in [0.1, 0.15) is 25.7 Å². The molecule has 2 aliphatic rings. The number of nitrogens with zero attached hydrogens (tertiary/aromatic N) is 1. The van der Waals surface area contributed by atoms with Crippen LogP contribution in [0.15, 0.2) is 29.2 Å². The molecular weight excluding hydrogens is 354 g/mol. The van der Waals surface area contributed by atoms with Gasteiger partial charge in [0.05, 0.1) is 18.0 Å². The molecule has 3 rings (SSSR count). The third-order valence-corrected chi connectivity index (χ3v) is 7.00. The van der Waals surface area contributed by atoms with Crippen LogP contribution < -0.4 is 15.4 Å². The predicted octanol–water partition coefficient (Wildman–Crippen LogP) is 0.964. The predicted molar refractivity (Wildman–Crippen MR) is 98.5 cm³/mol. The number of rotatable bonds is 6. The van der Waals surface area contributed by atoms with E-state index in [1.807, 2.05) is 0 Å². The van der Waals surface area contributed by atoms with Gasteiger partial charge in [-0.1, -0.05) is 0 Å². The quantitative estimate of drug-likeness (QED) is 0.767. The lowest BCUT2D eigenvalue weighted by molar-refractivity contribution is -0.123. The van der Waals surface area contributed by atoms with Crippen molar-refractivity contribution in [3.63, 3.8) is 0 Å². The average molecular weight is 381 g/mol. The normalized spacial score (nSPS) is 24.3. The van der Waals surface area contributed by atoms with Gasteiger partial charge in [-0.05, 0) is 62.4 Å². The van der Waals surface area contributed by atoms with Crippen molar-refractivity contribution in [2.45, 2.75) is 36.6 Å². The maximum atomic E-state index is 12.9. The minimum Gasteiger partial charge on any atom is -0.497 e. The van der Waals surface area contributed by atoms with Crippen molar-refractivity contribution in [1.29, 1.82) is 0 Å². The van der Waals surface area contributed by atoms with Crippen LogP contribution in [0.2, 0.25) is 0 Å². The molecule has 0 aromatic heterocycles. The smallest absolute Gasteiger partial charge is 0.243 e. The third-order valence-electron chi connectivity index (χ3n) is 5.12. The van der Waals surface area contributed by atoms with Crippen LogP contribution in [0.5, 0.6) is 5.75 Å². The zero-order valence-electron chi connectivity index (χ0n) is 15.1. The Hall–Kier alpha value is -1.64. The summed E-state index contributed by atoms with van der Waals surface area (Å²) in [5.41, 5.74) is 0. The summed E-state index contributed by atoms with van der Waals surface area (Å²) >= 11 is 0. The standard InChI is InChI=1S/C18H27N3O4S/c1-25-15-6-8-16(9-7-15)26(23,24)21-11-3-4-14(13-21)12-20-18(22)17-5-2-10-19-17/h6-9,14,17,19H,2-5,10-13H2,1H3,(H,20,22). The number of hydrogen-bond donors (Lipinski definition) is 2. The Kier molecular flexibility index (Phi) is 6.16. The number of nitrogens with one attached hydrogen (secondary N) is 2. The van der Waals surface area contributed by atoms with Crippen molar-refractivity contribution in [2.24, 2.45) is 5.92 Å². The lowest BCUT2D eigenvalue weighted by Gasteiger charge is -2.32. The molecule has 26 heavy (non-hydrogen) atoms. The number of piperidine rings is 1. The first-order valence-corrected chi connectivity index (χ1v) is 10.6. The Balaban J connectivity index is 1.58. The molecule has 0 saturated carbocycles. The zero-order chi connectivity index (χ0) is 18.6. The fraction of sp³-hybridized carbons (Fsp3) is 0.611. The lowest BCUT2D eigenvalue weighted by atomic mass is 9.99. The summed E-state index contributed by atoms with van der Waals surface area (Å²) in [5, 5.41) is 6.16. The fourth-order valence-electron chi connectivity index (χ4n) is 3.59. The Morgan fingerprint density at radius 3 is 2.69 bits per heavy atom. The highest BCUT2D eigenvalue weighted by atomic mass is 32.2. The summed E-state index contributed by atoms with van der Waals surface area (Å²) in [6.07, 6.45) is 3.62. The first-order valence-electron chi connectivity index (χ1n) is 9.16. The van der Waals surface area contributed by atoms with Crippen molar-refractivity contribution >= 4 is 15.9 Å². The largest absolute Gasteiger partial charge is 0.497 e. The number of carbonyl (C=O) groups excluding carboxylic acids is 1. The van der Waals surface area contributed by atoms with Gasteiger partial charge in [0.2, 0.25) is 15.9 Å². The van der Waals surface area contributed by atoms with Gasteiger partial charge in [0.25, 0.3) is 0 Å². The van der Waals surface area contributed by atoms with Gasteiger partial charge in [-0.3, -0.25) is 4.79 Å². The van der Waals surface area contributed by atoms with E-state index in [1.54, 1.807) is 31.4 Å². The van der Waals surface area contributed by atoms with E-state index in [-0.39, 0.29) is 22.8 Å². The molecular formula is C18H27N3O4S. The number of methoxy groups -OCH3 is 1. The van der Waals surface area contributed by atoms with Crippen molar-refractivity contribution in [3.8, 4) is 5.75 Å². The molecule has 2 N–H and O–H groups in total. The molecule has 2 unspecified atom stereocenters. The molecule has 2 atom stereocenters. The van der Waals surface area contributed by atoms with Crippen LogP contribution in [-0.2, 0) is 14.8 Å². The molecule has 8 heteroatoms. The minimum atomic E-state index is -3.52. The van der Waals surface area contributed by atoms with Gasteiger partial charge in [0.1, 0.15) is 5.75 Å². The molecule has 0 aliphatic carbocycles. The molecule has 0 bridgehead atoms. The van der Waals surface area contributed by atoms with Crippen LogP contribution >= 0.6 is 0 Å². The Morgan fingerprint density at radius 1 is 1.27 bits per heavy atom. The van der Waals surface area contributed by atoms with Gasteiger partial charge in [0.15, 0.2) is 0 Å². The lowest BCUT2D eigenvalue weighted by Crippen LogP contribution is -2.46. The summed E-state index contributed by atoms with van der Waals surface area (Å²) < 4.78 is 32.4. The van der Waals surface area contributed by atoms with E-state index in [1.165, 1.54) is 4.31 Å².